The number of ether oxygens (including phenoxy) is 2. The molecule has 6 heteroatoms. The van der Waals surface area contributed by atoms with Crippen molar-refractivity contribution in [2.45, 2.75) is 12.3 Å². The average molecular weight is 446 g/mol. The summed E-state index contributed by atoms with van der Waals surface area (Å²) in [5.41, 5.74) is 3.09. The monoisotopic (exact) mass is 445 g/mol. The van der Waals surface area contributed by atoms with Crippen LogP contribution >= 0.6 is 11.8 Å². The maximum Gasteiger partial charge on any atom is 0.268 e. The molecule has 0 unspecified atom stereocenters. The summed E-state index contributed by atoms with van der Waals surface area (Å²) in [7, 11) is 3.19. The SMILES string of the molecule is COc1ccc(CN2C(=O)C(SCc3ccccc3)=C(c3ccc(OC)cc3)C2=O)cc1. The van der Waals surface area contributed by atoms with Crippen LogP contribution in [0.4, 0.5) is 0 Å². The van der Waals surface area contributed by atoms with Crippen molar-refractivity contribution in [3.8, 4) is 11.5 Å². The van der Waals surface area contributed by atoms with Crippen LogP contribution in [0.25, 0.3) is 5.57 Å². The molecular formula is C26H23NO4S. The van der Waals surface area contributed by atoms with Gasteiger partial charge in [-0.1, -0.05) is 54.6 Å². The maximum atomic E-state index is 13.4. The van der Waals surface area contributed by atoms with Crippen LogP contribution in [0.5, 0.6) is 11.5 Å². The second kappa shape index (κ2) is 9.75. The Balaban J connectivity index is 1.64. The van der Waals surface area contributed by atoms with Gasteiger partial charge in [-0.2, -0.15) is 0 Å². The largest absolute Gasteiger partial charge is 0.497 e. The topological polar surface area (TPSA) is 55.8 Å². The lowest BCUT2D eigenvalue weighted by molar-refractivity contribution is -0.137. The van der Waals surface area contributed by atoms with Gasteiger partial charge in [-0.3, -0.25) is 14.5 Å². The molecule has 0 fully saturated rings. The lowest BCUT2D eigenvalue weighted by Gasteiger charge is -2.15. The van der Waals surface area contributed by atoms with Gasteiger partial charge in [-0.25, -0.2) is 0 Å². The van der Waals surface area contributed by atoms with Gasteiger partial charge in [0, 0.05) is 5.75 Å². The highest BCUT2D eigenvalue weighted by molar-refractivity contribution is 8.03. The van der Waals surface area contributed by atoms with Gasteiger partial charge in [-0.05, 0) is 41.0 Å². The number of amides is 2. The van der Waals surface area contributed by atoms with Gasteiger partial charge in [0.2, 0.25) is 0 Å². The van der Waals surface area contributed by atoms with E-state index in [9.17, 15) is 9.59 Å². The van der Waals surface area contributed by atoms with E-state index in [4.69, 9.17) is 9.47 Å². The Morgan fingerprint density at radius 2 is 1.31 bits per heavy atom. The molecule has 162 valence electrons. The minimum absolute atomic E-state index is 0.205. The van der Waals surface area contributed by atoms with Crippen molar-refractivity contribution in [3.63, 3.8) is 0 Å². The van der Waals surface area contributed by atoms with E-state index in [1.54, 1.807) is 26.4 Å². The summed E-state index contributed by atoms with van der Waals surface area (Å²) in [5.74, 6) is 1.47. The summed E-state index contributed by atoms with van der Waals surface area (Å²) in [6, 6.07) is 24.5. The number of imide groups is 1. The maximum absolute atomic E-state index is 13.4. The van der Waals surface area contributed by atoms with Crippen molar-refractivity contribution in [2.75, 3.05) is 14.2 Å². The van der Waals surface area contributed by atoms with Gasteiger partial charge < -0.3 is 9.47 Å². The molecule has 1 aliphatic rings. The highest BCUT2D eigenvalue weighted by Crippen LogP contribution is 2.38. The number of carbonyl (C=O) groups excluding carboxylic acids is 2. The Bertz CT molecular complexity index is 1140. The third-order valence-electron chi connectivity index (χ3n) is 5.23. The normalized spacial score (nSPS) is 13.6. The fourth-order valence-corrected chi connectivity index (χ4v) is 4.57. The zero-order chi connectivity index (χ0) is 22.5. The van der Waals surface area contributed by atoms with Gasteiger partial charge in [0.1, 0.15) is 11.5 Å². The Labute approximate surface area is 191 Å². The van der Waals surface area contributed by atoms with Crippen LogP contribution in [-0.4, -0.2) is 30.9 Å². The first-order valence-electron chi connectivity index (χ1n) is 10.1. The van der Waals surface area contributed by atoms with E-state index < -0.39 is 0 Å². The number of rotatable bonds is 8. The molecule has 3 aromatic carbocycles. The molecule has 0 bridgehead atoms. The van der Waals surface area contributed by atoms with E-state index in [2.05, 4.69) is 0 Å². The number of hydrogen-bond acceptors (Lipinski definition) is 5. The summed E-state index contributed by atoms with van der Waals surface area (Å²) < 4.78 is 10.4. The van der Waals surface area contributed by atoms with Crippen molar-refractivity contribution in [1.29, 1.82) is 0 Å². The van der Waals surface area contributed by atoms with Gasteiger partial charge in [0.15, 0.2) is 0 Å². The molecule has 0 aromatic heterocycles. The first-order valence-corrected chi connectivity index (χ1v) is 11.1. The molecule has 0 aliphatic carbocycles. The van der Waals surface area contributed by atoms with Crippen molar-refractivity contribution < 1.29 is 19.1 Å². The molecule has 1 heterocycles. The van der Waals surface area contributed by atoms with Crippen LogP contribution in [0, 0.1) is 0 Å². The Morgan fingerprint density at radius 3 is 1.91 bits per heavy atom. The highest BCUT2D eigenvalue weighted by Gasteiger charge is 2.39. The summed E-state index contributed by atoms with van der Waals surface area (Å²) in [6.45, 7) is 0.205. The lowest BCUT2D eigenvalue weighted by Crippen LogP contribution is -2.30. The first-order chi connectivity index (χ1) is 15.6. The fourth-order valence-electron chi connectivity index (χ4n) is 3.49. The van der Waals surface area contributed by atoms with Crippen LogP contribution in [-0.2, 0) is 21.9 Å². The Hall–Kier alpha value is -3.51. The van der Waals surface area contributed by atoms with Crippen molar-refractivity contribution >= 4 is 29.1 Å². The molecule has 0 saturated heterocycles. The molecule has 0 radical (unpaired) electrons. The summed E-state index contributed by atoms with van der Waals surface area (Å²) >= 11 is 1.40. The highest BCUT2D eigenvalue weighted by atomic mass is 32.2. The van der Waals surface area contributed by atoms with Crippen LogP contribution in [0.15, 0.2) is 83.8 Å². The number of thioether (sulfide) groups is 1. The van der Waals surface area contributed by atoms with Crippen LogP contribution in [0.3, 0.4) is 0 Å². The smallest absolute Gasteiger partial charge is 0.268 e. The second-order valence-electron chi connectivity index (χ2n) is 7.25. The number of nitrogens with zero attached hydrogens (tertiary/aromatic N) is 1. The third-order valence-corrected chi connectivity index (χ3v) is 6.37. The van der Waals surface area contributed by atoms with E-state index in [1.165, 1.54) is 16.7 Å². The predicted octanol–water partition coefficient (Wildman–Crippen LogP) is 4.92. The fraction of sp³-hybridized carbons (Fsp3) is 0.154. The molecule has 0 atom stereocenters. The minimum Gasteiger partial charge on any atom is -0.497 e. The zero-order valence-corrected chi connectivity index (χ0v) is 18.7. The third kappa shape index (κ3) is 4.55. The van der Waals surface area contributed by atoms with Gasteiger partial charge in [0.25, 0.3) is 11.8 Å². The predicted molar refractivity (Wildman–Crippen MR) is 126 cm³/mol. The van der Waals surface area contributed by atoms with Crippen molar-refractivity contribution in [3.05, 3.63) is 100 Å². The quantitative estimate of drug-likeness (QED) is 0.461. The average Bonchev–Trinajstić information content (AvgIpc) is 3.08. The molecule has 0 saturated carbocycles. The van der Waals surface area contributed by atoms with E-state index in [-0.39, 0.29) is 18.4 Å². The van der Waals surface area contributed by atoms with Gasteiger partial charge in [0.05, 0.1) is 31.2 Å². The minimum atomic E-state index is -0.286. The molecule has 32 heavy (non-hydrogen) atoms. The molecule has 0 spiro atoms. The number of benzene rings is 3. The van der Waals surface area contributed by atoms with Gasteiger partial charge >= 0.3 is 0 Å². The van der Waals surface area contributed by atoms with Crippen molar-refractivity contribution in [1.82, 2.24) is 4.90 Å². The number of hydrogen-bond donors (Lipinski definition) is 0. The Kier molecular flexibility index (Phi) is 6.61. The number of methoxy groups -OCH3 is 2. The van der Waals surface area contributed by atoms with E-state index in [1.807, 2.05) is 66.7 Å². The molecule has 4 rings (SSSR count). The molecule has 5 nitrogen and oxygen atoms in total. The van der Waals surface area contributed by atoms with Crippen LogP contribution in [0.1, 0.15) is 16.7 Å². The molecule has 1 aliphatic heterocycles. The zero-order valence-electron chi connectivity index (χ0n) is 17.9. The molecule has 0 N–H and O–H groups in total. The molecule has 3 aromatic rings. The summed E-state index contributed by atoms with van der Waals surface area (Å²) in [6.07, 6.45) is 0. The molecular weight excluding hydrogens is 422 g/mol. The Morgan fingerprint density at radius 1 is 0.719 bits per heavy atom. The van der Waals surface area contributed by atoms with Gasteiger partial charge in [-0.15, -0.1) is 11.8 Å². The van der Waals surface area contributed by atoms with E-state index >= 15 is 0 Å². The summed E-state index contributed by atoms with van der Waals surface area (Å²) in [4.78, 5) is 28.5. The van der Waals surface area contributed by atoms with Crippen LogP contribution < -0.4 is 9.47 Å². The second-order valence-corrected chi connectivity index (χ2v) is 8.24. The van der Waals surface area contributed by atoms with E-state index in [0.29, 0.717) is 27.5 Å². The van der Waals surface area contributed by atoms with Crippen molar-refractivity contribution in [2.24, 2.45) is 0 Å². The first kappa shape index (κ1) is 21.7. The van der Waals surface area contributed by atoms with Crippen LogP contribution in [0.2, 0.25) is 0 Å². The summed E-state index contributed by atoms with van der Waals surface area (Å²) in [5, 5.41) is 0. The van der Waals surface area contributed by atoms with E-state index in [0.717, 1.165) is 16.9 Å². The number of carbonyl (C=O) groups is 2. The standard InChI is InChI=1S/C26H23NO4S/c1-30-21-12-8-18(9-13-21)16-27-25(28)23(20-10-14-22(31-2)15-11-20)24(26(27)29)32-17-19-6-4-3-5-7-19/h3-15H,16-17H2,1-2H3. The lowest BCUT2D eigenvalue weighted by atomic mass is 10.1. The molecule has 2 amide bonds.